The lowest BCUT2D eigenvalue weighted by Gasteiger charge is -2.12. The van der Waals surface area contributed by atoms with Crippen LogP contribution in [0.4, 0.5) is 0 Å². The van der Waals surface area contributed by atoms with E-state index < -0.39 is 0 Å². The van der Waals surface area contributed by atoms with Gasteiger partial charge in [0.1, 0.15) is 0 Å². The minimum atomic E-state index is -0.362. The molecular weight excluding hydrogens is 150 g/mol. The lowest BCUT2D eigenvalue weighted by atomic mass is 10.0. The highest BCUT2D eigenvalue weighted by Crippen LogP contribution is 2.19. The van der Waals surface area contributed by atoms with Crippen LogP contribution in [0.5, 0.6) is 0 Å². The van der Waals surface area contributed by atoms with Gasteiger partial charge >= 0.3 is 0 Å². The number of aromatic nitrogens is 1. The van der Waals surface area contributed by atoms with Crippen molar-refractivity contribution in [1.82, 2.24) is 4.98 Å². The lowest BCUT2D eigenvalue weighted by molar-refractivity contribution is 0.150. The van der Waals surface area contributed by atoms with E-state index in [1.165, 1.54) is 0 Å². The highest BCUT2D eigenvalue weighted by Gasteiger charge is 2.08. The second-order valence-electron chi connectivity index (χ2n) is 3.43. The van der Waals surface area contributed by atoms with Crippen molar-refractivity contribution in [3.05, 3.63) is 30.1 Å². The van der Waals surface area contributed by atoms with E-state index in [1.807, 2.05) is 12.1 Å². The Balaban J connectivity index is 2.59. The third kappa shape index (κ3) is 2.62. The summed E-state index contributed by atoms with van der Waals surface area (Å²) < 4.78 is 0. The standard InChI is InChI=1S/C10H15NO/c1-8(2)6-10(12)9-4-3-5-11-7-9/h3-5,7-8,10,12H,6H2,1-2H3. The third-order valence-electron chi connectivity index (χ3n) is 1.76. The molecule has 2 nitrogen and oxygen atoms in total. The number of aliphatic hydroxyl groups is 1. The van der Waals surface area contributed by atoms with Crippen LogP contribution in [0, 0.1) is 5.92 Å². The molecule has 0 fully saturated rings. The topological polar surface area (TPSA) is 33.1 Å². The van der Waals surface area contributed by atoms with E-state index in [1.54, 1.807) is 12.4 Å². The fraction of sp³-hybridized carbons (Fsp3) is 0.500. The summed E-state index contributed by atoms with van der Waals surface area (Å²) in [5, 5.41) is 9.65. The van der Waals surface area contributed by atoms with Crippen molar-refractivity contribution < 1.29 is 5.11 Å². The summed E-state index contributed by atoms with van der Waals surface area (Å²) in [5.41, 5.74) is 0.909. The van der Waals surface area contributed by atoms with Gasteiger partial charge in [0.15, 0.2) is 0 Å². The maximum Gasteiger partial charge on any atom is 0.0807 e. The lowest BCUT2D eigenvalue weighted by Crippen LogP contribution is -2.01. The van der Waals surface area contributed by atoms with Gasteiger partial charge in [0, 0.05) is 12.4 Å². The molecule has 1 rings (SSSR count). The van der Waals surface area contributed by atoms with Crippen LogP contribution in [0.2, 0.25) is 0 Å². The fourth-order valence-electron chi connectivity index (χ4n) is 1.16. The molecule has 0 saturated carbocycles. The normalized spacial score (nSPS) is 13.3. The summed E-state index contributed by atoms with van der Waals surface area (Å²) in [6.45, 7) is 4.19. The third-order valence-corrected chi connectivity index (χ3v) is 1.76. The second-order valence-corrected chi connectivity index (χ2v) is 3.43. The molecule has 1 aromatic rings. The number of pyridine rings is 1. The summed E-state index contributed by atoms with van der Waals surface area (Å²) in [7, 11) is 0. The predicted molar refractivity (Wildman–Crippen MR) is 48.7 cm³/mol. The van der Waals surface area contributed by atoms with Crippen LogP contribution in [0.25, 0.3) is 0 Å². The molecule has 0 spiro atoms. The average Bonchev–Trinajstić information content (AvgIpc) is 2.05. The minimum absolute atomic E-state index is 0.362. The van der Waals surface area contributed by atoms with Gasteiger partial charge in [0.25, 0.3) is 0 Å². The predicted octanol–water partition coefficient (Wildman–Crippen LogP) is 2.16. The molecule has 0 saturated heterocycles. The summed E-state index contributed by atoms with van der Waals surface area (Å²) in [6, 6.07) is 3.75. The smallest absolute Gasteiger partial charge is 0.0807 e. The molecule has 0 radical (unpaired) electrons. The molecule has 12 heavy (non-hydrogen) atoms. The molecule has 0 bridgehead atoms. The molecule has 2 heteroatoms. The SMILES string of the molecule is CC(C)CC(O)c1cccnc1. The Labute approximate surface area is 73.3 Å². The molecule has 66 valence electrons. The van der Waals surface area contributed by atoms with E-state index in [2.05, 4.69) is 18.8 Å². The maximum atomic E-state index is 9.65. The van der Waals surface area contributed by atoms with Gasteiger partial charge in [-0.15, -0.1) is 0 Å². The summed E-state index contributed by atoms with van der Waals surface area (Å²) >= 11 is 0. The van der Waals surface area contributed by atoms with Crippen LogP contribution in [-0.4, -0.2) is 10.1 Å². The van der Waals surface area contributed by atoms with Crippen molar-refractivity contribution in [2.45, 2.75) is 26.4 Å². The zero-order chi connectivity index (χ0) is 8.97. The van der Waals surface area contributed by atoms with E-state index in [0.717, 1.165) is 12.0 Å². The van der Waals surface area contributed by atoms with E-state index in [0.29, 0.717) is 5.92 Å². The molecule has 1 N–H and O–H groups in total. The number of rotatable bonds is 3. The molecule has 0 aromatic carbocycles. The van der Waals surface area contributed by atoms with Crippen molar-refractivity contribution in [2.75, 3.05) is 0 Å². The quantitative estimate of drug-likeness (QED) is 0.744. The van der Waals surface area contributed by atoms with E-state index >= 15 is 0 Å². The van der Waals surface area contributed by atoms with Crippen LogP contribution in [0.15, 0.2) is 24.5 Å². The first-order valence-corrected chi connectivity index (χ1v) is 4.28. The molecule has 0 aliphatic rings. The molecule has 1 unspecified atom stereocenters. The molecular formula is C10H15NO. The molecule has 1 aromatic heterocycles. The van der Waals surface area contributed by atoms with Crippen LogP contribution < -0.4 is 0 Å². The average molecular weight is 165 g/mol. The number of hydrogen-bond acceptors (Lipinski definition) is 2. The Kier molecular flexibility index (Phi) is 3.23. The molecule has 1 atom stereocenters. The molecule has 0 aliphatic heterocycles. The number of hydrogen-bond donors (Lipinski definition) is 1. The van der Waals surface area contributed by atoms with E-state index in [9.17, 15) is 5.11 Å². The highest BCUT2D eigenvalue weighted by atomic mass is 16.3. The van der Waals surface area contributed by atoms with Gasteiger partial charge in [-0.1, -0.05) is 19.9 Å². The summed E-state index contributed by atoms with van der Waals surface area (Å²) in [6.07, 6.45) is 3.86. The van der Waals surface area contributed by atoms with Crippen molar-refractivity contribution in [2.24, 2.45) is 5.92 Å². The second kappa shape index (κ2) is 4.21. The van der Waals surface area contributed by atoms with Crippen molar-refractivity contribution >= 4 is 0 Å². The Morgan fingerprint density at radius 3 is 2.75 bits per heavy atom. The summed E-state index contributed by atoms with van der Waals surface area (Å²) in [4.78, 5) is 3.95. The zero-order valence-electron chi connectivity index (χ0n) is 7.57. The van der Waals surface area contributed by atoms with Gasteiger partial charge < -0.3 is 5.11 Å². The Morgan fingerprint density at radius 1 is 1.50 bits per heavy atom. The van der Waals surface area contributed by atoms with Gasteiger partial charge in [-0.2, -0.15) is 0 Å². The van der Waals surface area contributed by atoms with Crippen molar-refractivity contribution in [1.29, 1.82) is 0 Å². The maximum absolute atomic E-state index is 9.65. The van der Waals surface area contributed by atoms with Crippen LogP contribution in [0.1, 0.15) is 31.9 Å². The van der Waals surface area contributed by atoms with Crippen molar-refractivity contribution in [3.8, 4) is 0 Å². The first-order chi connectivity index (χ1) is 5.70. The van der Waals surface area contributed by atoms with Crippen molar-refractivity contribution in [3.63, 3.8) is 0 Å². The highest BCUT2D eigenvalue weighted by molar-refractivity contribution is 5.11. The van der Waals surface area contributed by atoms with Gasteiger partial charge in [0.05, 0.1) is 6.10 Å². The van der Waals surface area contributed by atoms with Gasteiger partial charge in [-0.25, -0.2) is 0 Å². The Hall–Kier alpha value is -0.890. The van der Waals surface area contributed by atoms with Gasteiger partial charge in [-0.05, 0) is 24.0 Å². The van der Waals surface area contributed by atoms with Crippen LogP contribution in [0.3, 0.4) is 0 Å². The minimum Gasteiger partial charge on any atom is -0.388 e. The molecule has 1 heterocycles. The monoisotopic (exact) mass is 165 g/mol. The number of aliphatic hydroxyl groups excluding tert-OH is 1. The molecule has 0 aliphatic carbocycles. The van der Waals surface area contributed by atoms with E-state index in [-0.39, 0.29) is 6.10 Å². The first kappa shape index (κ1) is 9.20. The largest absolute Gasteiger partial charge is 0.388 e. The van der Waals surface area contributed by atoms with Crippen LogP contribution >= 0.6 is 0 Å². The van der Waals surface area contributed by atoms with Crippen LogP contribution in [-0.2, 0) is 0 Å². The summed E-state index contributed by atoms with van der Waals surface area (Å²) in [5.74, 6) is 0.514. The first-order valence-electron chi connectivity index (χ1n) is 4.28. The molecule has 0 amide bonds. The zero-order valence-corrected chi connectivity index (χ0v) is 7.57. The number of nitrogens with zero attached hydrogens (tertiary/aromatic N) is 1. The Morgan fingerprint density at radius 2 is 2.25 bits per heavy atom. The fourth-order valence-corrected chi connectivity index (χ4v) is 1.16. The van der Waals surface area contributed by atoms with Gasteiger partial charge in [-0.3, -0.25) is 4.98 Å². The van der Waals surface area contributed by atoms with Gasteiger partial charge in [0.2, 0.25) is 0 Å². The van der Waals surface area contributed by atoms with E-state index in [4.69, 9.17) is 0 Å². The Bertz CT molecular complexity index is 221.